The molecule has 0 heterocycles. The second-order valence-corrected chi connectivity index (χ2v) is 15.1. The van der Waals surface area contributed by atoms with Crippen LogP contribution < -0.4 is 16.4 Å². The van der Waals surface area contributed by atoms with Gasteiger partial charge in [-0.25, -0.2) is 14.4 Å². The van der Waals surface area contributed by atoms with Crippen LogP contribution in [-0.2, 0) is 0 Å². The van der Waals surface area contributed by atoms with Crippen molar-refractivity contribution < 1.29 is 29.7 Å². The molecule has 0 aliphatic carbocycles. The smallest absolute Gasteiger partial charge is 0.335 e. The van der Waals surface area contributed by atoms with E-state index in [1.54, 1.807) is 36.4 Å². The second-order valence-electron chi connectivity index (χ2n) is 15.1. The van der Waals surface area contributed by atoms with Gasteiger partial charge in [0.2, 0.25) is 6.71 Å². The summed E-state index contributed by atoms with van der Waals surface area (Å²) in [6.07, 6.45) is 0. The van der Waals surface area contributed by atoms with Gasteiger partial charge in [-0.05, 0) is 104 Å². The molecule has 0 fully saturated rings. The van der Waals surface area contributed by atoms with Gasteiger partial charge < -0.3 is 15.3 Å². The lowest BCUT2D eigenvalue weighted by atomic mass is 9.34. The van der Waals surface area contributed by atoms with Crippen LogP contribution >= 0.6 is 0 Å². The molecule has 0 aliphatic heterocycles. The summed E-state index contributed by atoms with van der Waals surface area (Å²) in [5.41, 5.74) is 13.7. The van der Waals surface area contributed by atoms with E-state index < -0.39 is 17.9 Å². The molecule has 0 radical (unpaired) electrons. The van der Waals surface area contributed by atoms with Crippen LogP contribution in [0.2, 0.25) is 0 Å². The van der Waals surface area contributed by atoms with Gasteiger partial charge >= 0.3 is 17.9 Å². The number of rotatable bonds is 12. The van der Waals surface area contributed by atoms with E-state index in [9.17, 15) is 29.7 Å². The fourth-order valence-corrected chi connectivity index (χ4v) is 7.47. The average Bonchev–Trinajstić information content (AvgIpc) is 3.18. The molecule has 0 amide bonds. The van der Waals surface area contributed by atoms with Crippen molar-refractivity contribution in [2.45, 2.75) is 59.3 Å². The Hall–Kier alpha value is -6.21. The van der Waals surface area contributed by atoms with Crippen molar-refractivity contribution in [2.24, 2.45) is 0 Å². The Morgan fingerprint density at radius 1 is 0.364 bits per heavy atom. The van der Waals surface area contributed by atoms with Crippen molar-refractivity contribution in [1.29, 1.82) is 0 Å². The zero-order chi connectivity index (χ0) is 39.6. The maximum absolute atomic E-state index is 11.6. The second kappa shape index (κ2) is 16.0. The van der Waals surface area contributed by atoms with Crippen molar-refractivity contribution in [3.8, 4) is 33.4 Å². The molecule has 0 saturated heterocycles. The van der Waals surface area contributed by atoms with Crippen LogP contribution in [0.3, 0.4) is 0 Å². The lowest BCUT2D eigenvalue weighted by molar-refractivity contribution is 0.0686. The summed E-state index contributed by atoms with van der Waals surface area (Å²) in [6.45, 7) is 13.1. The Bertz CT molecular complexity index is 2100. The van der Waals surface area contributed by atoms with Gasteiger partial charge in [0.15, 0.2) is 0 Å². The van der Waals surface area contributed by atoms with Crippen LogP contribution in [-0.4, -0.2) is 39.9 Å². The van der Waals surface area contributed by atoms with Crippen molar-refractivity contribution in [2.75, 3.05) is 0 Å². The first kappa shape index (κ1) is 38.5. The molecular formula is C48H45BO6. The molecule has 276 valence electrons. The van der Waals surface area contributed by atoms with Crippen LogP contribution in [0, 0.1) is 0 Å². The van der Waals surface area contributed by atoms with Crippen molar-refractivity contribution in [3.05, 3.63) is 161 Å². The summed E-state index contributed by atoms with van der Waals surface area (Å²) in [7, 11) is 0. The van der Waals surface area contributed by atoms with Gasteiger partial charge in [0.1, 0.15) is 0 Å². The lowest BCUT2D eigenvalue weighted by Gasteiger charge is -2.28. The van der Waals surface area contributed by atoms with Crippen LogP contribution in [0.1, 0.15) is 107 Å². The van der Waals surface area contributed by atoms with Crippen molar-refractivity contribution >= 4 is 41.0 Å². The first-order chi connectivity index (χ1) is 26.2. The van der Waals surface area contributed by atoms with Crippen LogP contribution in [0.15, 0.2) is 127 Å². The number of carbonyl (C=O) groups is 3. The predicted molar refractivity (Wildman–Crippen MR) is 223 cm³/mol. The Kier molecular flexibility index (Phi) is 11.2. The third-order valence-corrected chi connectivity index (χ3v) is 10.5. The van der Waals surface area contributed by atoms with E-state index in [-0.39, 0.29) is 41.2 Å². The summed E-state index contributed by atoms with van der Waals surface area (Å²) in [4.78, 5) is 34.7. The average molecular weight is 729 g/mol. The summed E-state index contributed by atoms with van der Waals surface area (Å²) in [5.74, 6) is -2.37. The molecule has 6 nitrogen and oxygen atoms in total. The first-order valence-corrected chi connectivity index (χ1v) is 18.7. The van der Waals surface area contributed by atoms with E-state index in [0.29, 0.717) is 0 Å². The molecule has 0 aromatic heterocycles. The zero-order valence-electron chi connectivity index (χ0n) is 32.0. The molecule has 7 heteroatoms. The third kappa shape index (κ3) is 8.17. The monoisotopic (exact) mass is 728 g/mol. The predicted octanol–water partition coefficient (Wildman–Crippen LogP) is 9.67. The maximum Gasteiger partial charge on any atom is 0.335 e. The van der Waals surface area contributed by atoms with Crippen molar-refractivity contribution in [1.82, 2.24) is 0 Å². The summed E-state index contributed by atoms with van der Waals surface area (Å²) >= 11 is 0. The van der Waals surface area contributed by atoms with E-state index in [1.165, 1.54) is 33.1 Å². The van der Waals surface area contributed by atoms with Crippen molar-refractivity contribution in [3.63, 3.8) is 0 Å². The highest BCUT2D eigenvalue weighted by atomic mass is 16.4. The Morgan fingerprint density at radius 2 is 0.582 bits per heavy atom. The van der Waals surface area contributed by atoms with Crippen LogP contribution in [0.25, 0.3) is 33.4 Å². The highest BCUT2D eigenvalue weighted by Crippen LogP contribution is 2.29. The lowest BCUT2D eigenvalue weighted by Crippen LogP contribution is -2.56. The Labute approximate surface area is 323 Å². The fourth-order valence-electron chi connectivity index (χ4n) is 7.47. The van der Waals surface area contributed by atoms with Gasteiger partial charge in [-0.1, -0.05) is 149 Å². The molecule has 6 aromatic carbocycles. The largest absolute Gasteiger partial charge is 0.478 e. The van der Waals surface area contributed by atoms with Gasteiger partial charge in [0.05, 0.1) is 16.7 Å². The number of carboxylic acids is 3. The molecule has 0 saturated carbocycles. The van der Waals surface area contributed by atoms with E-state index >= 15 is 0 Å². The van der Waals surface area contributed by atoms with Gasteiger partial charge in [-0.3, -0.25) is 0 Å². The third-order valence-electron chi connectivity index (χ3n) is 10.5. The Morgan fingerprint density at radius 3 is 0.782 bits per heavy atom. The highest BCUT2D eigenvalue weighted by Gasteiger charge is 2.31. The van der Waals surface area contributed by atoms with E-state index in [0.717, 1.165) is 33.4 Å². The molecule has 6 rings (SSSR count). The number of carboxylic acid groups (broad SMARTS) is 3. The minimum Gasteiger partial charge on any atom is -0.478 e. The summed E-state index contributed by atoms with van der Waals surface area (Å²) < 4.78 is 0. The van der Waals surface area contributed by atoms with Crippen LogP contribution in [0.5, 0.6) is 0 Å². The molecule has 0 atom stereocenters. The number of benzene rings is 6. The Balaban J connectivity index is 1.58. The minimum absolute atomic E-state index is 0.150. The molecular weight excluding hydrogens is 683 g/mol. The molecule has 3 N–H and O–H groups in total. The summed E-state index contributed by atoms with van der Waals surface area (Å²) in [6, 6.07) is 40.8. The summed E-state index contributed by atoms with van der Waals surface area (Å²) in [5, 5.41) is 28.4. The van der Waals surface area contributed by atoms with Gasteiger partial charge in [-0.15, -0.1) is 0 Å². The highest BCUT2D eigenvalue weighted by molar-refractivity contribution is 6.96. The molecule has 0 bridgehead atoms. The topological polar surface area (TPSA) is 112 Å². The quantitative estimate of drug-likeness (QED) is 0.108. The van der Waals surface area contributed by atoms with E-state index in [1.807, 2.05) is 36.4 Å². The molecule has 0 unspecified atom stereocenters. The van der Waals surface area contributed by atoms with Gasteiger partial charge in [0.25, 0.3) is 0 Å². The normalized spacial score (nSPS) is 11.3. The number of hydrogen-bond acceptors (Lipinski definition) is 3. The SMILES string of the molecule is CC(C)c1cc(-c2ccc(C(=O)O)cc2)ccc1B(c1ccc(-c2ccc(C(=O)O)cc2)cc1C(C)C)c1ccc(-c2ccc(C(=O)O)cc2)cc1C(C)C. The number of hydrogen-bond donors (Lipinski definition) is 3. The van der Waals surface area contributed by atoms with Crippen LogP contribution in [0.4, 0.5) is 0 Å². The van der Waals surface area contributed by atoms with E-state index in [4.69, 9.17) is 0 Å². The maximum atomic E-state index is 11.6. The first-order valence-electron chi connectivity index (χ1n) is 18.7. The molecule has 6 aromatic rings. The number of aromatic carboxylic acids is 3. The van der Waals surface area contributed by atoms with Gasteiger partial charge in [0, 0.05) is 0 Å². The van der Waals surface area contributed by atoms with Gasteiger partial charge in [-0.2, -0.15) is 0 Å². The standard InChI is InChI=1S/C48H45BO6/c1-28(2)40-25-37(31-7-13-34(14-8-31)46(50)51)19-22-43(40)49(44-23-20-38(26-41(44)29(3)4)32-9-15-35(16-10-32)47(52)53)45-24-21-39(27-42(45)30(5)6)33-11-17-36(18-12-33)48(54)55/h7-30H,1-6H3,(H,50,51)(H,52,53)(H,54,55). The molecule has 0 spiro atoms. The molecule has 55 heavy (non-hydrogen) atoms. The molecule has 0 aliphatic rings. The van der Waals surface area contributed by atoms with E-state index in [2.05, 4.69) is 96.1 Å². The fraction of sp³-hybridized carbons (Fsp3) is 0.188. The minimum atomic E-state index is -0.957. The zero-order valence-corrected chi connectivity index (χ0v) is 32.0.